The Labute approximate surface area is 126 Å². The molecule has 21 heavy (non-hydrogen) atoms. The minimum Gasteiger partial charge on any atom is -0.391 e. The summed E-state index contributed by atoms with van der Waals surface area (Å²) >= 11 is 0. The van der Waals surface area contributed by atoms with E-state index < -0.39 is 0 Å². The molecule has 1 fully saturated rings. The van der Waals surface area contributed by atoms with Crippen LogP contribution in [0.15, 0.2) is 59.8 Å². The molecule has 2 aromatic carbocycles. The number of hydrogen-bond acceptors (Lipinski definition) is 2. The van der Waals surface area contributed by atoms with Crippen LogP contribution in [0.4, 0.5) is 0 Å². The van der Waals surface area contributed by atoms with E-state index >= 15 is 0 Å². The Morgan fingerprint density at radius 3 is 2.48 bits per heavy atom. The fraction of sp³-hybridized carbons (Fsp3) is 0.316. The minimum absolute atomic E-state index is 0.491. The highest BCUT2D eigenvalue weighted by Gasteiger charge is 2.13. The van der Waals surface area contributed by atoms with Gasteiger partial charge < -0.3 is 4.84 Å². The third kappa shape index (κ3) is 3.72. The molecule has 2 nitrogen and oxygen atoms in total. The van der Waals surface area contributed by atoms with E-state index in [-0.39, 0.29) is 0 Å². The van der Waals surface area contributed by atoms with Crippen LogP contribution in [0.5, 0.6) is 0 Å². The first-order chi connectivity index (χ1) is 10.4. The molecule has 0 aromatic heterocycles. The van der Waals surface area contributed by atoms with Crippen molar-refractivity contribution in [2.45, 2.75) is 32.3 Å². The van der Waals surface area contributed by atoms with Gasteiger partial charge in [-0.2, -0.15) is 0 Å². The highest BCUT2D eigenvalue weighted by molar-refractivity contribution is 5.67. The lowest BCUT2D eigenvalue weighted by atomic mass is 10.0. The number of benzene rings is 2. The summed E-state index contributed by atoms with van der Waals surface area (Å²) < 4.78 is 0. The van der Waals surface area contributed by atoms with E-state index in [1.54, 1.807) is 0 Å². The van der Waals surface area contributed by atoms with Crippen molar-refractivity contribution in [3.8, 4) is 11.1 Å². The van der Waals surface area contributed by atoms with Crippen molar-refractivity contribution in [1.82, 2.24) is 0 Å². The molecule has 0 bridgehead atoms. The molecule has 2 heteroatoms. The van der Waals surface area contributed by atoms with Gasteiger partial charge in [-0.25, -0.2) is 0 Å². The topological polar surface area (TPSA) is 21.6 Å². The van der Waals surface area contributed by atoms with Gasteiger partial charge in [0.25, 0.3) is 0 Å². The average Bonchev–Trinajstić information content (AvgIpc) is 3.06. The maximum atomic E-state index is 5.46. The summed E-state index contributed by atoms with van der Waals surface area (Å²) in [6, 6.07) is 18.7. The van der Waals surface area contributed by atoms with Gasteiger partial charge >= 0.3 is 0 Å². The molecule has 1 radical (unpaired) electrons. The van der Waals surface area contributed by atoms with E-state index in [0.717, 1.165) is 5.56 Å². The van der Waals surface area contributed by atoms with Crippen LogP contribution in [0.3, 0.4) is 0 Å². The standard InChI is InChI=1S/C19H20NO/c1-2-10-17(11-3-1)19-13-7-6-12-18(19)15-21-20-14-16-8-4-5-9-16/h1-3,6-7,10-13,16H,4-5,8-9,15H2. The third-order valence-corrected chi connectivity index (χ3v) is 3.98. The molecular formula is C19H20NO. The van der Waals surface area contributed by atoms with Gasteiger partial charge in [0.1, 0.15) is 12.8 Å². The predicted molar refractivity (Wildman–Crippen MR) is 86.1 cm³/mol. The van der Waals surface area contributed by atoms with E-state index in [0.29, 0.717) is 12.5 Å². The lowest BCUT2D eigenvalue weighted by Gasteiger charge is -2.08. The molecule has 107 valence electrons. The average molecular weight is 278 g/mol. The lowest BCUT2D eigenvalue weighted by Crippen LogP contribution is -1.96. The molecule has 1 saturated carbocycles. The van der Waals surface area contributed by atoms with Gasteiger partial charge in [0.05, 0.1) is 0 Å². The van der Waals surface area contributed by atoms with E-state index in [2.05, 4.69) is 53.8 Å². The zero-order valence-corrected chi connectivity index (χ0v) is 12.2. The molecule has 0 unspecified atom stereocenters. The van der Waals surface area contributed by atoms with Crippen molar-refractivity contribution in [2.24, 2.45) is 11.1 Å². The van der Waals surface area contributed by atoms with Crippen molar-refractivity contribution < 1.29 is 4.84 Å². The van der Waals surface area contributed by atoms with Crippen LogP contribution in [0.2, 0.25) is 0 Å². The molecule has 2 aromatic rings. The van der Waals surface area contributed by atoms with E-state index in [9.17, 15) is 0 Å². The predicted octanol–water partition coefficient (Wildman–Crippen LogP) is 4.92. The van der Waals surface area contributed by atoms with Gasteiger partial charge in [0.15, 0.2) is 0 Å². The summed E-state index contributed by atoms with van der Waals surface area (Å²) in [7, 11) is 0. The third-order valence-electron chi connectivity index (χ3n) is 3.98. The van der Waals surface area contributed by atoms with Crippen LogP contribution >= 0.6 is 0 Å². The van der Waals surface area contributed by atoms with Crippen molar-refractivity contribution in [1.29, 1.82) is 0 Å². The number of rotatable bonds is 5. The largest absolute Gasteiger partial charge is 0.391 e. The fourth-order valence-corrected chi connectivity index (χ4v) is 2.81. The van der Waals surface area contributed by atoms with Gasteiger partial charge in [0, 0.05) is 5.92 Å². The van der Waals surface area contributed by atoms with Crippen molar-refractivity contribution in [2.75, 3.05) is 0 Å². The van der Waals surface area contributed by atoms with E-state index in [1.165, 1.54) is 36.8 Å². The monoisotopic (exact) mass is 278 g/mol. The maximum Gasteiger partial charge on any atom is 0.142 e. The van der Waals surface area contributed by atoms with Gasteiger partial charge in [-0.15, -0.1) is 0 Å². The van der Waals surface area contributed by atoms with Gasteiger partial charge in [0.2, 0.25) is 0 Å². The first-order valence-electron chi connectivity index (χ1n) is 7.64. The van der Waals surface area contributed by atoms with Crippen LogP contribution in [0.25, 0.3) is 11.1 Å². The molecule has 1 aliphatic carbocycles. The first kappa shape index (κ1) is 13.9. The molecule has 0 N–H and O–H groups in total. The van der Waals surface area contributed by atoms with Crippen LogP contribution in [-0.4, -0.2) is 6.21 Å². The molecule has 1 aliphatic rings. The van der Waals surface area contributed by atoms with Crippen molar-refractivity contribution in [3.05, 3.63) is 60.2 Å². The summed E-state index contributed by atoms with van der Waals surface area (Å²) in [5.74, 6) is 0.495. The molecule has 0 amide bonds. The second-order valence-corrected chi connectivity index (χ2v) is 5.50. The molecule has 0 spiro atoms. The molecule has 0 aliphatic heterocycles. The van der Waals surface area contributed by atoms with E-state index in [4.69, 9.17) is 4.84 Å². The smallest absolute Gasteiger partial charge is 0.142 e. The highest BCUT2D eigenvalue weighted by atomic mass is 16.6. The van der Waals surface area contributed by atoms with Gasteiger partial charge in [-0.05, 0) is 29.5 Å². The second kappa shape index (κ2) is 7.07. The molecule has 0 saturated heterocycles. The van der Waals surface area contributed by atoms with Crippen LogP contribution < -0.4 is 0 Å². The summed E-state index contributed by atoms with van der Waals surface area (Å²) in [5.41, 5.74) is 3.57. The maximum absolute atomic E-state index is 5.46. The molecule has 0 atom stereocenters. The Bertz CT molecular complexity index is 586. The fourth-order valence-electron chi connectivity index (χ4n) is 2.81. The lowest BCUT2D eigenvalue weighted by molar-refractivity contribution is 0.131. The Morgan fingerprint density at radius 2 is 1.67 bits per heavy atom. The molecular weight excluding hydrogens is 258 g/mol. The summed E-state index contributed by atoms with van der Waals surface area (Å²) in [4.78, 5) is 5.46. The van der Waals surface area contributed by atoms with Gasteiger partial charge in [-0.1, -0.05) is 72.6 Å². The van der Waals surface area contributed by atoms with Crippen LogP contribution in [0.1, 0.15) is 31.2 Å². The van der Waals surface area contributed by atoms with Gasteiger partial charge in [-0.3, -0.25) is 0 Å². The molecule has 3 rings (SSSR count). The zero-order valence-electron chi connectivity index (χ0n) is 12.2. The first-order valence-corrected chi connectivity index (χ1v) is 7.64. The molecule has 0 heterocycles. The Kier molecular flexibility index (Phi) is 4.67. The number of nitrogens with zero attached hydrogens (tertiary/aromatic N) is 1. The summed E-state index contributed by atoms with van der Waals surface area (Å²) in [6.07, 6.45) is 8.11. The van der Waals surface area contributed by atoms with E-state index in [1.807, 2.05) is 12.1 Å². The Hall–Kier alpha value is -2.09. The van der Waals surface area contributed by atoms with Crippen LogP contribution in [0, 0.1) is 5.92 Å². The van der Waals surface area contributed by atoms with Crippen molar-refractivity contribution >= 4 is 6.21 Å². The van der Waals surface area contributed by atoms with Crippen molar-refractivity contribution in [3.63, 3.8) is 0 Å². The Morgan fingerprint density at radius 1 is 0.952 bits per heavy atom. The SMILES string of the molecule is [C](=N\OCc1ccccc1-c1ccccc1)/C1CCCC1. The number of hydrogen-bond donors (Lipinski definition) is 0. The summed E-state index contributed by atoms with van der Waals surface area (Å²) in [5, 5.41) is 4.03. The highest BCUT2D eigenvalue weighted by Crippen LogP contribution is 2.25. The second-order valence-electron chi connectivity index (χ2n) is 5.50. The normalized spacial score (nSPS) is 15.6. The summed E-state index contributed by atoms with van der Waals surface area (Å²) in [6.45, 7) is 0.491. The van der Waals surface area contributed by atoms with Crippen LogP contribution in [-0.2, 0) is 11.4 Å². The zero-order chi connectivity index (χ0) is 14.3. The Balaban J connectivity index is 1.65. The minimum atomic E-state index is 0.491. The quantitative estimate of drug-likeness (QED) is 0.561.